The third-order valence-corrected chi connectivity index (χ3v) is 3.87. The highest BCUT2D eigenvalue weighted by atomic mass is 16.5. The summed E-state index contributed by atoms with van der Waals surface area (Å²) in [6.45, 7) is 2.74. The highest BCUT2D eigenvalue weighted by Crippen LogP contribution is 2.29. The molecule has 0 aromatic heterocycles. The molecule has 1 aliphatic heterocycles. The summed E-state index contributed by atoms with van der Waals surface area (Å²) >= 11 is 0. The van der Waals surface area contributed by atoms with Crippen molar-refractivity contribution in [2.75, 3.05) is 6.61 Å². The van der Waals surface area contributed by atoms with Gasteiger partial charge in [-0.3, -0.25) is 4.79 Å². The molecule has 1 heterocycles. The average Bonchev–Trinajstić information content (AvgIpc) is 2.66. The molecule has 1 saturated heterocycles. The number of hydrogen-bond acceptors (Lipinski definition) is 2. The van der Waals surface area contributed by atoms with Crippen LogP contribution in [0.2, 0.25) is 0 Å². The van der Waals surface area contributed by atoms with E-state index < -0.39 is 0 Å². The Kier molecular flexibility index (Phi) is 3.79. The molecule has 0 radical (unpaired) electrons. The number of rotatable bonds is 3. The molecule has 0 amide bonds. The fraction of sp³-hybridized carbons (Fsp3) is 0.923. The van der Waals surface area contributed by atoms with Crippen LogP contribution in [0, 0.1) is 11.8 Å². The Hall–Kier alpha value is -0.370. The summed E-state index contributed by atoms with van der Waals surface area (Å²) in [5.41, 5.74) is 0. The third kappa shape index (κ3) is 3.04. The first-order valence-electron chi connectivity index (χ1n) is 6.40. The van der Waals surface area contributed by atoms with E-state index in [0.717, 1.165) is 12.8 Å². The van der Waals surface area contributed by atoms with Gasteiger partial charge in [-0.05, 0) is 19.3 Å². The zero-order valence-corrected chi connectivity index (χ0v) is 9.71. The summed E-state index contributed by atoms with van der Waals surface area (Å²) in [4.78, 5) is 12.0. The van der Waals surface area contributed by atoms with Crippen LogP contribution in [0.4, 0.5) is 0 Å². The van der Waals surface area contributed by atoms with Crippen molar-refractivity contribution in [3.63, 3.8) is 0 Å². The van der Waals surface area contributed by atoms with Gasteiger partial charge >= 0.3 is 0 Å². The van der Waals surface area contributed by atoms with Crippen LogP contribution in [0.25, 0.3) is 0 Å². The van der Waals surface area contributed by atoms with Gasteiger partial charge in [0.05, 0.1) is 12.7 Å². The number of carbonyl (C=O) groups excluding carboxylic acids is 1. The highest BCUT2D eigenvalue weighted by molar-refractivity contribution is 5.81. The minimum atomic E-state index is 0.210. The zero-order valence-electron chi connectivity index (χ0n) is 9.71. The smallest absolute Gasteiger partial charge is 0.138 e. The first-order valence-corrected chi connectivity index (χ1v) is 6.40. The fourth-order valence-electron chi connectivity index (χ4n) is 2.88. The normalized spacial score (nSPS) is 33.1. The Balaban J connectivity index is 1.76. The second kappa shape index (κ2) is 5.11. The monoisotopic (exact) mass is 210 g/mol. The maximum absolute atomic E-state index is 12.0. The van der Waals surface area contributed by atoms with E-state index in [9.17, 15) is 4.79 Å². The minimum Gasteiger partial charge on any atom is -0.378 e. The molecule has 86 valence electrons. The van der Waals surface area contributed by atoms with E-state index in [0.29, 0.717) is 24.4 Å². The predicted molar refractivity (Wildman–Crippen MR) is 59.7 cm³/mol. The van der Waals surface area contributed by atoms with Crippen molar-refractivity contribution in [2.24, 2.45) is 11.8 Å². The van der Waals surface area contributed by atoms with Gasteiger partial charge in [0.1, 0.15) is 5.78 Å². The molecule has 2 rings (SSSR count). The summed E-state index contributed by atoms with van der Waals surface area (Å²) in [5, 5.41) is 0. The van der Waals surface area contributed by atoms with E-state index in [1.807, 2.05) is 0 Å². The standard InChI is InChI=1S/C13H22O2/c1-10-7-12(9-15-10)13(14)8-11-5-3-2-4-6-11/h10-12H,2-9H2,1H3. The molecule has 0 bridgehead atoms. The van der Waals surface area contributed by atoms with Gasteiger partial charge in [0.25, 0.3) is 0 Å². The van der Waals surface area contributed by atoms with Gasteiger partial charge in [-0.15, -0.1) is 0 Å². The molecule has 1 saturated carbocycles. The molecule has 0 N–H and O–H groups in total. The van der Waals surface area contributed by atoms with Gasteiger partial charge in [0, 0.05) is 12.3 Å². The summed E-state index contributed by atoms with van der Waals surface area (Å²) in [5.74, 6) is 1.36. The van der Waals surface area contributed by atoms with E-state index in [1.165, 1.54) is 32.1 Å². The van der Waals surface area contributed by atoms with E-state index in [2.05, 4.69) is 6.92 Å². The van der Waals surface area contributed by atoms with Gasteiger partial charge in [0.2, 0.25) is 0 Å². The van der Waals surface area contributed by atoms with E-state index >= 15 is 0 Å². The summed E-state index contributed by atoms with van der Waals surface area (Å²) in [6.07, 6.45) is 8.64. The lowest BCUT2D eigenvalue weighted by Gasteiger charge is -2.21. The first-order chi connectivity index (χ1) is 7.25. The zero-order chi connectivity index (χ0) is 10.7. The van der Waals surface area contributed by atoms with E-state index in [1.54, 1.807) is 0 Å². The molecule has 2 heteroatoms. The Morgan fingerprint density at radius 2 is 2.00 bits per heavy atom. The molecule has 2 fully saturated rings. The molecule has 15 heavy (non-hydrogen) atoms. The van der Waals surface area contributed by atoms with Crippen molar-refractivity contribution in [3.05, 3.63) is 0 Å². The Morgan fingerprint density at radius 3 is 2.60 bits per heavy atom. The summed E-state index contributed by atoms with van der Waals surface area (Å²) in [6, 6.07) is 0. The number of carbonyl (C=O) groups is 1. The minimum absolute atomic E-state index is 0.210. The number of ketones is 1. The van der Waals surface area contributed by atoms with Crippen LogP contribution < -0.4 is 0 Å². The molecule has 0 spiro atoms. The predicted octanol–water partition coefficient (Wildman–Crippen LogP) is 2.95. The summed E-state index contributed by atoms with van der Waals surface area (Å²) < 4.78 is 5.45. The lowest BCUT2D eigenvalue weighted by Crippen LogP contribution is -2.19. The van der Waals surface area contributed by atoms with Crippen LogP contribution in [0.15, 0.2) is 0 Å². The maximum Gasteiger partial charge on any atom is 0.138 e. The van der Waals surface area contributed by atoms with Crippen LogP contribution in [-0.4, -0.2) is 18.5 Å². The molecule has 2 nitrogen and oxygen atoms in total. The van der Waals surface area contributed by atoms with Crippen molar-refractivity contribution in [3.8, 4) is 0 Å². The van der Waals surface area contributed by atoms with E-state index in [-0.39, 0.29) is 5.92 Å². The number of Topliss-reactive ketones (excluding diaryl/α,β-unsaturated/α-hetero) is 1. The quantitative estimate of drug-likeness (QED) is 0.716. The molecule has 2 aliphatic rings. The van der Waals surface area contributed by atoms with Crippen LogP contribution in [0.3, 0.4) is 0 Å². The van der Waals surface area contributed by atoms with Crippen LogP contribution in [0.5, 0.6) is 0 Å². The van der Waals surface area contributed by atoms with Crippen molar-refractivity contribution in [2.45, 2.75) is 58.0 Å². The topological polar surface area (TPSA) is 26.3 Å². The van der Waals surface area contributed by atoms with Gasteiger partial charge in [0.15, 0.2) is 0 Å². The van der Waals surface area contributed by atoms with E-state index in [4.69, 9.17) is 4.74 Å². The van der Waals surface area contributed by atoms with Gasteiger partial charge in [-0.25, -0.2) is 0 Å². The molecule has 2 atom stereocenters. The van der Waals surface area contributed by atoms with Crippen molar-refractivity contribution >= 4 is 5.78 Å². The Bertz CT molecular complexity index is 219. The highest BCUT2D eigenvalue weighted by Gasteiger charge is 2.29. The number of hydrogen-bond donors (Lipinski definition) is 0. The van der Waals surface area contributed by atoms with Crippen LogP contribution in [0.1, 0.15) is 51.9 Å². The second-order valence-corrected chi connectivity index (χ2v) is 5.25. The van der Waals surface area contributed by atoms with Crippen LogP contribution >= 0.6 is 0 Å². The average molecular weight is 210 g/mol. The fourth-order valence-corrected chi connectivity index (χ4v) is 2.88. The lowest BCUT2D eigenvalue weighted by atomic mass is 9.83. The van der Waals surface area contributed by atoms with Gasteiger partial charge < -0.3 is 4.74 Å². The van der Waals surface area contributed by atoms with Crippen LogP contribution in [-0.2, 0) is 9.53 Å². The maximum atomic E-state index is 12.0. The number of ether oxygens (including phenoxy) is 1. The largest absolute Gasteiger partial charge is 0.378 e. The van der Waals surface area contributed by atoms with Crippen molar-refractivity contribution < 1.29 is 9.53 Å². The van der Waals surface area contributed by atoms with Gasteiger partial charge in [-0.2, -0.15) is 0 Å². The molecule has 0 aromatic rings. The van der Waals surface area contributed by atoms with Gasteiger partial charge in [-0.1, -0.05) is 32.1 Å². The molecule has 2 unspecified atom stereocenters. The second-order valence-electron chi connectivity index (χ2n) is 5.25. The third-order valence-electron chi connectivity index (χ3n) is 3.87. The molecular weight excluding hydrogens is 188 g/mol. The first kappa shape index (κ1) is 11.1. The summed E-state index contributed by atoms with van der Waals surface area (Å²) in [7, 11) is 0. The molecule has 0 aromatic carbocycles. The van der Waals surface area contributed by atoms with Crippen molar-refractivity contribution in [1.82, 2.24) is 0 Å². The Labute approximate surface area is 92.4 Å². The lowest BCUT2D eigenvalue weighted by molar-refractivity contribution is -0.124. The van der Waals surface area contributed by atoms with Crippen molar-refractivity contribution in [1.29, 1.82) is 0 Å². The molecule has 1 aliphatic carbocycles. The Morgan fingerprint density at radius 1 is 1.27 bits per heavy atom. The SMILES string of the molecule is CC1CC(C(=O)CC2CCCCC2)CO1. The molecular formula is C13H22O2.